The largest absolute Gasteiger partial charge is 0.493 e. The van der Waals surface area contributed by atoms with Gasteiger partial charge in [-0.3, -0.25) is 9.69 Å². The van der Waals surface area contributed by atoms with Crippen molar-refractivity contribution >= 4 is 16.9 Å². The molecule has 0 atom stereocenters. The molecule has 2 heterocycles. The lowest BCUT2D eigenvalue weighted by atomic mass is 10.1. The molecule has 0 aliphatic carbocycles. The number of primary amides is 1. The highest BCUT2D eigenvalue weighted by Gasteiger charge is 2.13. The molecule has 3 rings (SSSR count). The summed E-state index contributed by atoms with van der Waals surface area (Å²) in [5.41, 5.74) is 9.22. The van der Waals surface area contributed by atoms with Crippen LogP contribution in [0.2, 0.25) is 0 Å². The van der Waals surface area contributed by atoms with Crippen molar-refractivity contribution in [2.45, 2.75) is 13.3 Å². The Bertz CT molecular complexity index is 1080. The average Bonchev–Trinajstić information content (AvgIpc) is 3.06. The van der Waals surface area contributed by atoms with Crippen molar-refractivity contribution in [1.29, 1.82) is 5.26 Å². The first kappa shape index (κ1) is 20.2. The van der Waals surface area contributed by atoms with E-state index in [-0.39, 0.29) is 18.1 Å². The Morgan fingerprint density at radius 2 is 2.17 bits per heavy atom. The van der Waals surface area contributed by atoms with Crippen LogP contribution in [0.15, 0.2) is 24.3 Å². The van der Waals surface area contributed by atoms with E-state index in [0.29, 0.717) is 17.8 Å². The predicted octanol–water partition coefficient (Wildman–Crippen LogP) is 1.40. The number of carbonyl (C=O) groups is 1. The van der Waals surface area contributed by atoms with E-state index in [0.717, 1.165) is 35.4 Å². The van der Waals surface area contributed by atoms with Crippen LogP contribution in [0, 0.1) is 18.3 Å². The van der Waals surface area contributed by atoms with Crippen LogP contribution in [-0.2, 0) is 11.8 Å². The maximum atomic E-state index is 10.9. The summed E-state index contributed by atoms with van der Waals surface area (Å²) in [6, 6.07) is 9.76. The number of benzene rings is 1. The fraction of sp³-hybridized carbons (Fsp3) is 0.350. The van der Waals surface area contributed by atoms with Crippen molar-refractivity contribution in [1.82, 2.24) is 24.9 Å². The molecule has 3 aromatic rings. The van der Waals surface area contributed by atoms with E-state index in [1.807, 2.05) is 43.1 Å². The Morgan fingerprint density at radius 3 is 2.86 bits per heavy atom. The van der Waals surface area contributed by atoms with Crippen molar-refractivity contribution < 1.29 is 9.53 Å². The molecule has 1 amide bonds. The van der Waals surface area contributed by atoms with Crippen LogP contribution in [0.5, 0.6) is 5.75 Å². The number of nitrogens with two attached hydrogens (primary N) is 1. The van der Waals surface area contributed by atoms with E-state index >= 15 is 0 Å². The molecule has 0 radical (unpaired) electrons. The highest BCUT2D eigenvalue weighted by Crippen LogP contribution is 2.27. The molecule has 0 spiro atoms. The van der Waals surface area contributed by atoms with Gasteiger partial charge in [0.05, 0.1) is 24.4 Å². The second kappa shape index (κ2) is 8.67. The van der Waals surface area contributed by atoms with E-state index in [1.165, 1.54) is 0 Å². The quantitative estimate of drug-likeness (QED) is 0.574. The zero-order valence-corrected chi connectivity index (χ0v) is 16.7. The summed E-state index contributed by atoms with van der Waals surface area (Å²) in [5.74, 6) is 0.447. The van der Waals surface area contributed by atoms with Gasteiger partial charge < -0.3 is 10.5 Å². The Morgan fingerprint density at radius 1 is 1.38 bits per heavy atom. The highest BCUT2D eigenvalue weighted by molar-refractivity contribution is 5.83. The van der Waals surface area contributed by atoms with Crippen LogP contribution in [0.1, 0.15) is 17.7 Å². The summed E-state index contributed by atoms with van der Waals surface area (Å²) in [5, 5.41) is 17.4. The van der Waals surface area contributed by atoms with Crippen molar-refractivity contribution in [3.05, 3.63) is 35.5 Å². The Hall–Kier alpha value is -3.51. The average molecular weight is 393 g/mol. The smallest absolute Gasteiger partial charge is 0.231 e. The third-order valence-electron chi connectivity index (χ3n) is 4.54. The molecule has 0 saturated carbocycles. The number of pyridine rings is 1. The first-order valence-electron chi connectivity index (χ1n) is 9.20. The second-order valence-corrected chi connectivity index (χ2v) is 6.94. The van der Waals surface area contributed by atoms with E-state index in [2.05, 4.69) is 21.4 Å². The van der Waals surface area contributed by atoms with Crippen LogP contribution in [0.25, 0.3) is 22.3 Å². The Kier molecular flexibility index (Phi) is 6.04. The van der Waals surface area contributed by atoms with Gasteiger partial charge in [0.2, 0.25) is 5.91 Å². The molecule has 9 nitrogen and oxygen atoms in total. The van der Waals surface area contributed by atoms with Crippen LogP contribution in [0.3, 0.4) is 0 Å². The number of aromatic nitrogens is 4. The minimum Gasteiger partial charge on any atom is -0.493 e. The highest BCUT2D eigenvalue weighted by atomic mass is 16.5. The first-order valence-corrected chi connectivity index (χ1v) is 9.20. The molecule has 9 heteroatoms. The maximum Gasteiger partial charge on any atom is 0.231 e. The molecule has 150 valence electrons. The third kappa shape index (κ3) is 4.67. The number of amides is 1. The number of ether oxygens (including phenoxy) is 1. The van der Waals surface area contributed by atoms with Crippen LogP contribution < -0.4 is 10.5 Å². The second-order valence-electron chi connectivity index (χ2n) is 6.94. The lowest BCUT2D eigenvalue weighted by Gasteiger charge is -2.15. The Balaban J connectivity index is 1.71. The summed E-state index contributed by atoms with van der Waals surface area (Å²) in [6.45, 7) is 3.46. The molecule has 0 fully saturated rings. The zero-order chi connectivity index (χ0) is 21.0. The molecule has 2 aromatic heterocycles. The van der Waals surface area contributed by atoms with Crippen molar-refractivity contribution in [2.75, 3.05) is 26.7 Å². The van der Waals surface area contributed by atoms with Gasteiger partial charge in [0.1, 0.15) is 17.3 Å². The summed E-state index contributed by atoms with van der Waals surface area (Å²) in [4.78, 5) is 17.2. The fourth-order valence-electron chi connectivity index (χ4n) is 3.09. The summed E-state index contributed by atoms with van der Waals surface area (Å²) < 4.78 is 7.49. The number of nitriles is 1. The number of hydrogen-bond donors (Lipinski definition) is 1. The molecular weight excluding hydrogens is 370 g/mol. The Labute approximate surface area is 168 Å². The van der Waals surface area contributed by atoms with Gasteiger partial charge in [0.15, 0.2) is 5.69 Å². The van der Waals surface area contributed by atoms with Gasteiger partial charge in [-0.2, -0.15) is 5.26 Å². The minimum atomic E-state index is -0.340. The number of carbonyl (C=O) groups excluding carboxylic acids is 1. The molecule has 0 saturated heterocycles. The lowest BCUT2D eigenvalue weighted by Crippen LogP contribution is -2.31. The van der Waals surface area contributed by atoms with E-state index in [9.17, 15) is 10.1 Å². The molecule has 0 aliphatic heterocycles. The molecule has 0 aliphatic rings. The monoisotopic (exact) mass is 393 g/mol. The van der Waals surface area contributed by atoms with Crippen LogP contribution in [-0.4, -0.2) is 57.5 Å². The molecule has 0 unspecified atom stereocenters. The van der Waals surface area contributed by atoms with Crippen molar-refractivity contribution in [2.24, 2.45) is 12.8 Å². The molecule has 1 aromatic carbocycles. The first-order chi connectivity index (χ1) is 13.9. The van der Waals surface area contributed by atoms with Crippen LogP contribution in [0.4, 0.5) is 0 Å². The SMILES string of the molecule is Cc1cc(-c2cc3c(nnn3C)c(C#N)n2)ccc1OCCCN(C)CC(N)=O. The number of likely N-dealkylation sites (N-methyl/N-ethyl adjacent to an activating group) is 1. The van der Waals surface area contributed by atoms with Crippen molar-refractivity contribution in [3.8, 4) is 23.1 Å². The van der Waals surface area contributed by atoms with E-state index < -0.39 is 0 Å². The zero-order valence-electron chi connectivity index (χ0n) is 16.7. The topological polar surface area (TPSA) is 123 Å². The van der Waals surface area contributed by atoms with Gasteiger partial charge in [0.25, 0.3) is 0 Å². The normalized spacial score (nSPS) is 11.0. The minimum absolute atomic E-state index is 0.238. The van der Waals surface area contributed by atoms with E-state index in [4.69, 9.17) is 10.5 Å². The molecule has 29 heavy (non-hydrogen) atoms. The van der Waals surface area contributed by atoms with Gasteiger partial charge in [-0.25, -0.2) is 9.67 Å². The maximum absolute atomic E-state index is 10.9. The van der Waals surface area contributed by atoms with Gasteiger partial charge in [-0.15, -0.1) is 5.10 Å². The summed E-state index contributed by atoms with van der Waals surface area (Å²) in [6.07, 6.45) is 0.780. The van der Waals surface area contributed by atoms with Crippen LogP contribution >= 0.6 is 0 Å². The van der Waals surface area contributed by atoms with Gasteiger partial charge in [-0.05, 0) is 50.2 Å². The van der Waals surface area contributed by atoms with Gasteiger partial charge >= 0.3 is 0 Å². The van der Waals surface area contributed by atoms with Crippen molar-refractivity contribution in [3.63, 3.8) is 0 Å². The molecule has 0 bridgehead atoms. The number of hydrogen-bond acceptors (Lipinski definition) is 7. The predicted molar refractivity (Wildman–Crippen MR) is 108 cm³/mol. The molecular formula is C20H23N7O2. The van der Waals surface area contributed by atoms with E-state index in [1.54, 1.807) is 11.7 Å². The number of rotatable bonds is 8. The fourth-order valence-corrected chi connectivity index (χ4v) is 3.09. The lowest BCUT2D eigenvalue weighted by molar-refractivity contribution is -0.118. The number of nitrogens with zero attached hydrogens (tertiary/aromatic N) is 6. The molecule has 2 N–H and O–H groups in total. The van der Waals surface area contributed by atoms with Gasteiger partial charge in [-0.1, -0.05) is 5.21 Å². The summed E-state index contributed by atoms with van der Waals surface area (Å²) in [7, 11) is 3.63. The summed E-state index contributed by atoms with van der Waals surface area (Å²) >= 11 is 0. The number of aryl methyl sites for hydroxylation is 2. The number of fused-ring (bicyclic) bond motifs is 1. The third-order valence-corrected chi connectivity index (χ3v) is 4.54. The van der Waals surface area contributed by atoms with Gasteiger partial charge in [0, 0.05) is 19.2 Å². The standard InChI is InChI=1S/C20H23N7O2/c1-13-9-14(5-6-18(13)29-8-4-7-26(2)12-19(22)28)15-10-17-20(16(11-21)23-15)24-25-27(17)3/h5-6,9-10H,4,7-8,12H2,1-3H3,(H2,22,28).